The molecule has 2 unspecified atom stereocenters. The molecule has 1 aliphatic carbocycles. The lowest BCUT2D eigenvalue weighted by atomic mass is 9.81. The lowest BCUT2D eigenvalue weighted by Gasteiger charge is -2.30. The average Bonchev–Trinajstić information content (AvgIpc) is 2.98. The number of nitrogens with one attached hydrogen (secondary N) is 1. The number of aryl methyl sites for hydroxylation is 1. The number of hydrogen-bond acceptors (Lipinski definition) is 4. The van der Waals surface area contributed by atoms with Crippen molar-refractivity contribution in [1.82, 2.24) is 10.3 Å². The maximum atomic E-state index is 5.49. The van der Waals surface area contributed by atoms with E-state index in [-0.39, 0.29) is 6.04 Å². The predicted octanol–water partition coefficient (Wildman–Crippen LogP) is 3.53. The summed E-state index contributed by atoms with van der Waals surface area (Å²) >= 11 is 1.88. The number of likely N-dealkylation sites (N-methyl/N-ethyl adjacent to an activating group) is 1. The molecule has 0 aromatic carbocycles. The van der Waals surface area contributed by atoms with Crippen molar-refractivity contribution in [2.24, 2.45) is 0 Å². The molecule has 2 aromatic rings. The second-order valence-electron chi connectivity index (χ2n) is 5.16. The molecule has 0 saturated heterocycles. The number of nitrogens with zero attached hydrogens (tertiary/aromatic N) is 1. The van der Waals surface area contributed by atoms with E-state index in [0.29, 0.717) is 5.92 Å². The molecular formula is C16H20N2OS. The fourth-order valence-corrected chi connectivity index (χ4v) is 4.20. The zero-order valence-corrected chi connectivity index (χ0v) is 12.7. The number of methoxy groups -OCH3 is 1. The average molecular weight is 288 g/mol. The van der Waals surface area contributed by atoms with Gasteiger partial charge >= 0.3 is 0 Å². The molecule has 106 valence electrons. The lowest BCUT2D eigenvalue weighted by Crippen LogP contribution is -2.27. The normalized spacial score (nSPS) is 19.4. The van der Waals surface area contributed by atoms with E-state index < -0.39 is 0 Å². The van der Waals surface area contributed by atoms with E-state index in [0.717, 1.165) is 11.4 Å². The van der Waals surface area contributed by atoms with Crippen molar-refractivity contribution in [3.63, 3.8) is 0 Å². The van der Waals surface area contributed by atoms with Gasteiger partial charge in [0.25, 0.3) is 0 Å². The van der Waals surface area contributed by atoms with E-state index in [1.807, 2.05) is 36.7 Å². The van der Waals surface area contributed by atoms with Gasteiger partial charge < -0.3 is 10.1 Å². The van der Waals surface area contributed by atoms with Crippen LogP contribution in [0.15, 0.2) is 29.8 Å². The molecule has 1 aliphatic rings. The maximum absolute atomic E-state index is 5.49. The monoisotopic (exact) mass is 288 g/mol. The third-order valence-electron chi connectivity index (χ3n) is 4.13. The number of fused-ring (bicyclic) bond motifs is 1. The molecule has 2 heterocycles. The molecule has 0 radical (unpaired) electrons. The van der Waals surface area contributed by atoms with Crippen LogP contribution in [0.2, 0.25) is 0 Å². The summed E-state index contributed by atoms with van der Waals surface area (Å²) in [5.74, 6) is 1.35. The highest BCUT2D eigenvalue weighted by Crippen LogP contribution is 2.43. The van der Waals surface area contributed by atoms with Crippen molar-refractivity contribution in [3.8, 4) is 5.75 Å². The van der Waals surface area contributed by atoms with Gasteiger partial charge in [-0.2, -0.15) is 0 Å². The molecule has 1 N–H and O–H groups in total. The Morgan fingerprint density at radius 1 is 1.45 bits per heavy atom. The Labute approximate surface area is 124 Å². The molecule has 0 saturated carbocycles. The zero-order valence-electron chi connectivity index (χ0n) is 11.9. The second-order valence-corrected chi connectivity index (χ2v) is 6.16. The van der Waals surface area contributed by atoms with Crippen molar-refractivity contribution in [2.45, 2.75) is 31.2 Å². The number of thiophene rings is 1. The molecule has 3 nitrogen and oxygen atoms in total. The standard InChI is InChI=1S/C16H20N2OS/c1-17-15(16-13(19-2)6-4-9-18-16)12-5-3-7-14-11(12)8-10-20-14/h4,6,8-10,12,15,17H,3,5,7H2,1-2H3. The van der Waals surface area contributed by atoms with Crippen LogP contribution in [0, 0.1) is 0 Å². The first kappa shape index (κ1) is 13.6. The van der Waals surface area contributed by atoms with Crippen LogP contribution < -0.4 is 10.1 Å². The molecule has 0 spiro atoms. The van der Waals surface area contributed by atoms with Crippen molar-refractivity contribution in [3.05, 3.63) is 45.9 Å². The van der Waals surface area contributed by atoms with Gasteiger partial charge in [0.05, 0.1) is 18.8 Å². The molecule has 20 heavy (non-hydrogen) atoms. The molecule has 3 rings (SSSR count). The fourth-order valence-electron chi connectivity index (χ4n) is 3.21. The van der Waals surface area contributed by atoms with Gasteiger partial charge in [-0.15, -0.1) is 11.3 Å². The first-order chi connectivity index (χ1) is 9.85. The van der Waals surface area contributed by atoms with Gasteiger partial charge in [0.2, 0.25) is 0 Å². The first-order valence-corrected chi connectivity index (χ1v) is 7.95. The van der Waals surface area contributed by atoms with Crippen LogP contribution in [0.3, 0.4) is 0 Å². The quantitative estimate of drug-likeness (QED) is 0.934. The summed E-state index contributed by atoms with van der Waals surface area (Å²) in [6, 6.07) is 6.40. The molecule has 4 heteroatoms. The Bertz CT molecular complexity index is 581. The Morgan fingerprint density at radius 2 is 2.35 bits per heavy atom. The van der Waals surface area contributed by atoms with Crippen molar-refractivity contribution in [2.75, 3.05) is 14.2 Å². The van der Waals surface area contributed by atoms with Gasteiger partial charge in [-0.1, -0.05) is 0 Å². The van der Waals surface area contributed by atoms with Crippen molar-refractivity contribution < 1.29 is 4.74 Å². The minimum Gasteiger partial charge on any atom is -0.495 e. The highest BCUT2D eigenvalue weighted by atomic mass is 32.1. The van der Waals surface area contributed by atoms with E-state index in [1.165, 1.54) is 29.7 Å². The van der Waals surface area contributed by atoms with Crippen LogP contribution in [0.25, 0.3) is 0 Å². The number of aromatic nitrogens is 1. The predicted molar refractivity (Wildman–Crippen MR) is 82.6 cm³/mol. The molecule has 0 fully saturated rings. The number of ether oxygens (including phenoxy) is 1. The summed E-state index contributed by atoms with van der Waals surface area (Å²) in [5, 5.41) is 5.67. The third-order valence-corrected chi connectivity index (χ3v) is 5.12. The fraction of sp³-hybridized carbons (Fsp3) is 0.438. The summed E-state index contributed by atoms with van der Waals surface area (Å²) in [6.07, 6.45) is 5.53. The summed E-state index contributed by atoms with van der Waals surface area (Å²) in [6.45, 7) is 0. The van der Waals surface area contributed by atoms with Crippen LogP contribution >= 0.6 is 11.3 Å². The van der Waals surface area contributed by atoms with E-state index in [4.69, 9.17) is 4.74 Å². The summed E-state index contributed by atoms with van der Waals surface area (Å²) in [7, 11) is 3.73. The topological polar surface area (TPSA) is 34.2 Å². The van der Waals surface area contributed by atoms with Gasteiger partial charge in [-0.3, -0.25) is 4.98 Å². The van der Waals surface area contributed by atoms with Gasteiger partial charge in [-0.05, 0) is 55.5 Å². The van der Waals surface area contributed by atoms with Gasteiger partial charge in [0.15, 0.2) is 0 Å². The van der Waals surface area contributed by atoms with E-state index >= 15 is 0 Å². The minimum atomic E-state index is 0.208. The Morgan fingerprint density at radius 3 is 3.15 bits per heavy atom. The Balaban J connectivity index is 1.99. The minimum absolute atomic E-state index is 0.208. The Hall–Kier alpha value is -1.39. The van der Waals surface area contributed by atoms with Crippen LogP contribution in [-0.4, -0.2) is 19.1 Å². The summed E-state index contributed by atoms with van der Waals surface area (Å²) in [4.78, 5) is 6.11. The van der Waals surface area contributed by atoms with Gasteiger partial charge in [0, 0.05) is 17.0 Å². The lowest BCUT2D eigenvalue weighted by molar-refractivity contribution is 0.372. The maximum Gasteiger partial charge on any atom is 0.142 e. The Kier molecular flexibility index (Phi) is 4.03. The molecule has 0 aliphatic heterocycles. The second kappa shape index (κ2) is 5.94. The zero-order chi connectivity index (χ0) is 13.9. The SMILES string of the molecule is CNC(c1ncccc1OC)C1CCCc2sccc21. The van der Waals surface area contributed by atoms with Crippen LogP contribution in [-0.2, 0) is 6.42 Å². The highest BCUT2D eigenvalue weighted by molar-refractivity contribution is 7.10. The van der Waals surface area contributed by atoms with Crippen LogP contribution in [0.4, 0.5) is 0 Å². The first-order valence-electron chi connectivity index (χ1n) is 7.07. The molecule has 0 bridgehead atoms. The largest absolute Gasteiger partial charge is 0.495 e. The van der Waals surface area contributed by atoms with E-state index in [1.54, 1.807) is 7.11 Å². The molecular weight excluding hydrogens is 268 g/mol. The van der Waals surface area contributed by atoms with Crippen LogP contribution in [0.1, 0.15) is 40.9 Å². The van der Waals surface area contributed by atoms with E-state index in [9.17, 15) is 0 Å². The van der Waals surface area contributed by atoms with Gasteiger partial charge in [-0.25, -0.2) is 0 Å². The van der Waals surface area contributed by atoms with Crippen molar-refractivity contribution >= 4 is 11.3 Å². The van der Waals surface area contributed by atoms with Crippen molar-refractivity contribution in [1.29, 1.82) is 0 Å². The molecule has 0 amide bonds. The van der Waals surface area contributed by atoms with Crippen LogP contribution in [0.5, 0.6) is 5.75 Å². The van der Waals surface area contributed by atoms with Gasteiger partial charge in [0.1, 0.15) is 5.75 Å². The smallest absolute Gasteiger partial charge is 0.142 e. The number of rotatable bonds is 4. The summed E-state index contributed by atoms with van der Waals surface area (Å²) in [5.41, 5.74) is 2.51. The van der Waals surface area contributed by atoms with E-state index in [2.05, 4.69) is 21.7 Å². The summed E-state index contributed by atoms with van der Waals surface area (Å²) < 4.78 is 5.49. The number of pyridine rings is 1. The number of hydrogen-bond donors (Lipinski definition) is 1. The highest BCUT2D eigenvalue weighted by Gasteiger charge is 2.31. The third kappa shape index (κ3) is 2.34. The molecule has 2 aromatic heterocycles. The molecule has 2 atom stereocenters.